The van der Waals surface area contributed by atoms with Crippen LogP contribution in [0.15, 0.2) is 36.5 Å². The molecule has 1 aliphatic heterocycles. The molecule has 2 nitrogen and oxygen atoms in total. The molecule has 0 bridgehead atoms. The number of hydrogen-bond donors (Lipinski definition) is 1. The Morgan fingerprint density at radius 3 is 2.91 bits per heavy atom. The van der Waals surface area contributed by atoms with Crippen LogP contribution in [0.2, 0.25) is 0 Å². The number of nitrogens with one attached hydrogen (secondary N) is 1. The lowest BCUT2D eigenvalue weighted by Gasteiger charge is -2.22. The summed E-state index contributed by atoms with van der Waals surface area (Å²) in [5, 5.41) is 11.3. The van der Waals surface area contributed by atoms with Crippen molar-refractivity contribution >= 4 is 5.69 Å². The number of allylic oxidation sites excluding steroid dienone is 1. The summed E-state index contributed by atoms with van der Waals surface area (Å²) in [6.07, 6.45) is 4.44. The first kappa shape index (κ1) is 6.58. The van der Waals surface area contributed by atoms with E-state index in [-0.39, 0.29) is 5.06 Å². The molecular weight excluding hydrogens is 138 g/mol. The first-order valence-corrected chi connectivity index (χ1v) is 3.67. The van der Waals surface area contributed by atoms with E-state index in [9.17, 15) is 5.21 Å². The lowest BCUT2D eigenvalue weighted by molar-refractivity contribution is -0.715. The maximum Gasteiger partial charge on any atom is 0.139 e. The van der Waals surface area contributed by atoms with E-state index in [1.165, 1.54) is 0 Å². The average Bonchev–Trinajstić information content (AvgIpc) is 2.06. The minimum absolute atomic E-state index is 0.131. The zero-order chi connectivity index (χ0) is 7.68. The minimum atomic E-state index is 0.131. The van der Waals surface area contributed by atoms with E-state index in [2.05, 4.69) is 0 Å². The monoisotopic (exact) mass is 147 g/mol. The standard InChI is InChI=1S/C9H9NO/c11-10-7-3-5-8-4-1-2-6-9(8)10/h1-4,6-7,10H,5H2. The Kier molecular flexibility index (Phi) is 1.49. The van der Waals surface area contributed by atoms with Gasteiger partial charge in [0, 0.05) is 18.1 Å². The van der Waals surface area contributed by atoms with Crippen molar-refractivity contribution in [3.8, 4) is 0 Å². The van der Waals surface area contributed by atoms with Crippen molar-refractivity contribution in [2.75, 3.05) is 0 Å². The van der Waals surface area contributed by atoms with Gasteiger partial charge in [-0.25, -0.2) is 0 Å². The van der Waals surface area contributed by atoms with Crippen molar-refractivity contribution < 1.29 is 5.06 Å². The molecule has 1 aliphatic rings. The molecule has 0 spiro atoms. The molecule has 1 atom stereocenters. The van der Waals surface area contributed by atoms with Crippen LogP contribution in [-0.4, -0.2) is 0 Å². The summed E-state index contributed by atoms with van der Waals surface area (Å²) in [5.41, 5.74) is 2.00. The molecule has 11 heavy (non-hydrogen) atoms. The van der Waals surface area contributed by atoms with Crippen LogP contribution in [0.4, 0.5) is 5.69 Å². The van der Waals surface area contributed by atoms with Gasteiger partial charge in [0.15, 0.2) is 0 Å². The first-order chi connectivity index (χ1) is 5.38. The molecule has 1 heterocycles. The molecule has 1 N–H and O–H groups in total. The molecule has 56 valence electrons. The van der Waals surface area contributed by atoms with Crippen molar-refractivity contribution in [2.45, 2.75) is 6.42 Å². The van der Waals surface area contributed by atoms with Crippen LogP contribution >= 0.6 is 0 Å². The maximum absolute atomic E-state index is 11.2. The third-order valence-corrected chi connectivity index (χ3v) is 1.89. The quantitative estimate of drug-likeness (QED) is 0.539. The van der Waals surface area contributed by atoms with Gasteiger partial charge in [-0.05, 0) is 6.08 Å². The summed E-state index contributed by atoms with van der Waals surface area (Å²) < 4.78 is 0. The highest BCUT2D eigenvalue weighted by Crippen LogP contribution is 2.13. The summed E-state index contributed by atoms with van der Waals surface area (Å²) in [6, 6.07) is 7.74. The lowest BCUT2D eigenvalue weighted by atomic mass is 10.1. The Labute approximate surface area is 65.3 Å². The van der Waals surface area contributed by atoms with Gasteiger partial charge >= 0.3 is 0 Å². The van der Waals surface area contributed by atoms with Gasteiger partial charge in [-0.1, -0.05) is 18.2 Å². The molecule has 0 aromatic heterocycles. The Morgan fingerprint density at radius 1 is 1.27 bits per heavy atom. The Morgan fingerprint density at radius 2 is 2.09 bits per heavy atom. The SMILES string of the molecule is [O-][NH+]1C=CCc2ccccc21. The van der Waals surface area contributed by atoms with Crippen molar-refractivity contribution in [1.82, 2.24) is 0 Å². The second-order valence-corrected chi connectivity index (χ2v) is 2.63. The number of para-hydroxylation sites is 1. The molecule has 0 radical (unpaired) electrons. The van der Waals surface area contributed by atoms with E-state index in [0.29, 0.717) is 0 Å². The van der Waals surface area contributed by atoms with Crippen LogP contribution < -0.4 is 5.06 Å². The topological polar surface area (TPSA) is 27.5 Å². The summed E-state index contributed by atoms with van der Waals surface area (Å²) in [5.74, 6) is 0. The predicted octanol–water partition coefficient (Wildman–Crippen LogP) is 0.771. The van der Waals surface area contributed by atoms with Crippen LogP contribution in [0.3, 0.4) is 0 Å². The number of rotatable bonds is 0. The summed E-state index contributed by atoms with van der Waals surface area (Å²) in [7, 11) is 0. The molecule has 0 saturated heterocycles. The first-order valence-electron chi connectivity index (χ1n) is 3.67. The van der Waals surface area contributed by atoms with Crippen molar-refractivity contribution in [1.29, 1.82) is 0 Å². The number of quaternary nitrogens is 1. The number of hydroxylamine groups is 1. The number of fused-ring (bicyclic) bond motifs is 1. The van der Waals surface area contributed by atoms with Gasteiger partial charge in [-0.3, -0.25) is 0 Å². The van der Waals surface area contributed by atoms with E-state index in [1.54, 1.807) is 6.20 Å². The Balaban J connectivity index is 2.50. The van der Waals surface area contributed by atoms with E-state index in [0.717, 1.165) is 17.7 Å². The van der Waals surface area contributed by atoms with Crippen LogP contribution in [0.25, 0.3) is 0 Å². The fraction of sp³-hybridized carbons (Fsp3) is 0.111. The van der Waals surface area contributed by atoms with E-state index in [4.69, 9.17) is 0 Å². The predicted molar refractivity (Wildman–Crippen MR) is 43.3 cm³/mol. The summed E-state index contributed by atoms with van der Waals surface area (Å²) in [6.45, 7) is 0. The van der Waals surface area contributed by atoms with Gasteiger partial charge < -0.3 is 10.3 Å². The number of benzene rings is 1. The van der Waals surface area contributed by atoms with Gasteiger partial charge in [-0.2, -0.15) is 0 Å². The molecule has 1 aromatic rings. The third kappa shape index (κ3) is 1.06. The smallest absolute Gasteiger partial charge is 0.139 e. The highest BCUT2D eigenvalue weighted by atomic mass is 16.5. The van der Waals surface area contributed by atoms with E-state index >= 15 is 0 Å². The third-order valence-electron chi connectivity index (χ3n) is 1.89. The summed E-state index contributed by atoms with van der Waals surface area (Å²) in [4.78, 5) is 0. The van der Waals surface area contributed by atoms with Crippen molar-refractivity contribution in [2.24, 2.45) is 0 Å². The van der Waals surface area contributed by atoms with Gasteiger partial charge in [-0.15, -0.1) is 0 Å². The fourth-order valence-corrected chi connectivity index (χ4v) is 1.32. The van der Waals surface area contributed by atoms with Gasteiger partial charge in [0.05, 0.1) is 6.20 Å². The van der Waals surface area contributed by atoms with Crippen LogP contribution in [0, 0.1) is 5.21 Å². The zero-order valence-electron chi connectivity index (χ0n) is 6.08. The normalized spacial score (nSPS) is 21.4. The van der Waals surface area contributed by atoms with Crippen LogP contribution in [0.1, 0.15) is 5.56 Å². The van der Waals surface area contributed by atoms with Gasteiger partial charge in [0.1, 0.15) is 5.69 Å². The molecule has 1 unspecified atom stereocenters. The second-order valence-electron chi connectivity index (χ2n) is 2.63. The molecule has 2 rings (SSSR count). The van der Waals surface area contributed by atoms with Crippen molar-refractivity contribution in [3.63, 3.8) is 0 Å². The Hall–Kier alpha value is -1.12. The molecule has 2 heteroatoms. The minimum Gasteiger partial charge on any atom is -0.624 e. The highest BCUT2D eigenvalue weighted by molar-refractivity contribution is 5.42. The van der Waals surface area contributed by atoms with Gasteiger partial charge in [0.2, 0.25) is 0 Å². The highest BCUT2D eigenvalue weighted by Gasteiger charge is 2.09. The van der Waals surface area contributed by atoms with E-state index in [1.807, 2.05) is 30.3 Å². The van der Waals surface area contributed by atoms with Crippen LogP contribution in [0.5, 0.6) is 0 Å². The zero-order valence-corrected chi connectivity index (χ0v) is 6.08. The second kappa shape index (κ2) is 2.49. The largest absolute Gasteiger partial charge is 0.624 e. The molecular formula is C9H9NO. The maximum atomic E-state index is 11.2. The lowest BCUT2D eigenvalue weighted by Crippen LogP contribution is -2.97. The van der Waals surface area contributed by atoms with Crippen molar-refractivity contribution in [3.05, 3.63) is 47.3 Å². The van der Waals surface area contributed by atoms with E-state index < -0.39 is 0 Å². The molecule has 1 aromatic carbocycles. The van der Waals surface area contributed by atoms with Gasteiger partial charge in [0.25, 0.3) is 0 Å². The molecule has 0 fully saturated rings. The fourth-order valence-electron chi connectivity index (χ4n) is 1.32. The summed E-state index contributed by atoms with van der Waals surface area (Å²) >= 11 is 0. The average molecular weight is 147 g/mol. The molecule has 0 saturated carbocycles. The molecule has 0 aliphatic carbocycles. The molecule has 0 amide bonds. The Bertz CT molecular complexity index is 293. The number of hydrogen-bond acceptors (Lipinski definition) is 1. The van der Waals surface area contributed by atoms with Crippen LogP contribution in [-0.2, 0) is 6.42 Å².